The van der Waals surface area contributed by atoms with Gasteiger partial charge in [-0.2, -0.15) is 0 Å². The monoisotopic (exact) mass is 512 g/mol. The summed E-state index contributed by atoms with van der Waals surface area (Å²) in [4.78, 5) is 39.6. The first-order chi connectivity index (χ1) is 18.1. The molecule has 4 amide bonds. The number of hydrogen-bond donors (Lipinski definition) is 3. The first kappa shape index (κ1) is 26.9. The second-order valence-electron chi connectivity index (χ2n) is 10.9. The van der Waals surface area contributed by atoms with Crippen LogP contribution in [0.2, 0.25) is 0 Å². The van der Waals surface area contributed by atoms with Crippen LogP contribution >= 0.6 is 0 Å². The van der Waals surface area contributed by atoms with Gasteiger partial charge in [-0.05, 0) is 39.3 Å². The number of hydrogen-bond acceptors (Lipinski definition) is 3. The lowest BCUT2D eigenvalue weighted by Crippen LogP contribution is -2.53. The number of nitrogens with one attached hydrogen (secondary N) is 3. The molecule has 1 aliphatic heterocycles. The average molecular weight is 513 g/mol. The van der Waals surface area contributed by atoms with E-state index < -0.39 is 6.04 Å². The van der Waals surface area contributed by atoms with Crippen molar-refractivity contribution in [2.45, 2.75) is 52.7 Å². The Balaban J connectivity index is 1.53. The van der Waals surface area contributed by atoms with E-state index in [9.17, 15) is 14.4 Å². The van der Waals surface area contributed by atoms with Crippen LogP contribution in [0.5, 0.6) is 0 Å². The molecule has 0 spiro atoms. The van der Waals surface area contributed by atoms with Gasteiger partial charge in [0, 0.05) is 32.1 Å². The van der Waals surface area contributed by atoms with Crippen molar-refractivity contribution in [2.75, 3.05) is 11.9 Å². The Labute approximate surface area is 224 Å². The number of rotatable bonds is 7. The highest BCUT2D eigenvalue weighted by Crippen LogP contribution is 2.31. The summed E-state index contributed by atoms with van der Waals surface area (Å²) in [6, 6.07) is 23.2. The van der Waals surface area contributed by atoms with Crippen LogP contribution in [0.15, 0.2) is 72.8 Å². The van der Waals surface area contributed by atoms with Crippen LogP contribution < -0.4 is 20.9 Å². The molecule has 3 aromatic carbocycles. The number of amides is 4. The summed E-state index contributed by atoms with van der Waals surface area (Å²) in [5.41, 5.74) is 5.84. The highest BCUT2D eigenvalue weighted by molar-refractivity contribution is 6.02. The van der Waals surface area contributed by atoms with Gasteiger partial charge in [-0.3, -0.25) is 9.59 Å². The predicted molar refractivity (Wildman–Crippen MR) is 151 cm³/mol. The zero-order valence-corrected chi connectivity index (χ0v) is 22.5. The maximum Gasteiger partial charge on any atom is 0.314 e. The number of benzene rings is 3. The Morgan fingerprint density at radius 2 is 1.63 bits per heavy atom. The maximum absolute atomic E-state index is 13.6. The van der Waals surface area contributed by atoms with Gasteiger partial charge in [0.2, 0.25) is 11.8 Å². The van der Waals surface area contributed by atoms with Gasteiger partial charge < -0.3 is 20.9 Å². The minimum Gasteiger partial charge on any atom is -0.344 e. The van der Waals surface area contributed by atoms with Crippen LogP contribution in [-0.4, -0.2) is 30.9 Å². The van der Waals surface area contributed by atoms with Crippen molar-refractivity contribution in [3.05, 3.63) is 89.5 Å². The minimum atomic E-state index is -0.585. The van der Waals surface area contributed by atoms with Gasteiger partial charge in [0.25, 0.3) is 0 Å². The number of carbonyl (C=O) groups excluding carboxylic acids is 3. The SMILES string of the molecule is CNC(=O)NCc1ccccc1-c1ccc(CN2C(=O)[C@H](NC(=O)CC(C)(C)C)Cc3ccccc32)cc1. The second-order valence-corrected chi connectivity index (χ2v) is 10.9. The molecule has 1 aliphatic rings. The van der Waals surface area contributed by atoms with Gasteiger partial charge in [-0.25, -0.2) is 4.79 Å². The van der Waals surface area contributed by atoms with E-state index in [0.29, 0.717) is 25.9 Å². The molecule has 4 rings (SSSR count). The minimum absolute atomic E-state index is 0.0966. The van der Waals surface area contributed by atoms with E-state index in [1.54, 1.807) is 11.9 Å². The highest BCUT2D eigenvalue weighted by atomic mass is 16.2. The Morgan fingerprint density at radius 1 is 0.947 bits per heavy atom. The molecule has 0 unspecified atom stereocenters. The lowest BCUT2D eigenvalue weighted by Gasteiger charge is -2.35. The average Bonchev–Trinajstić information content (AvgIpc) is 2.89. The zero-order valence-electron chi connectivity index (χ0n) is 22.5. The summed E-state index contributed by atoms with van der Waals surface area (Å²) in [6.07, 6.45) is 0.848. The Morgan fingerprint density at radius 3 is 2.34 bits per heavy atom. The summed E-state index contributed by atoms with van der Waals surface area (Å²) in [7, 11) is 1.59. The number of anilines is 1. The number of nitrogens with zero attached hydrogens (tertiary/aromatic N) is 1. The smallest absolute Gasteiger partial charge is 0.314 e. The molecule has 1 atom stereocenters. The molecule has 38 heavy (non-hydrogen) atoms. The van der Waals surface area contributed by atoms with E-state index in [4.69, 9.17) is 0 Å². The van der Waals surface area contributed by atoms with Crippen molar-refractivity contribution in [3.63, 3.8) is 0 Å². The molecule has 7 heteroatoms. The normalized spacial score (nSPS) is 15.0. The summed E-state index contributed by atoms with van der Waals surface area (Å²) in [5.74, 6) is -0.204. The van der Waals surface area contributed by atoms with Crippen molar-refractivity contribution in [2.24, 2.45) is 5.41 Å². The lowest BCUT2D eigenvalue weighted by molar-refractivity contribution is -0.129. The van der Waals surface area contributed by atoms with Crippen molar-refractivity contribution < 1.29 is 14.4 Å². The molecular formula is C31H36N4O3. The fourth-order valence-corrected chi connectivity index (χ4v) is 4.76. The van der Waals surface area contributed by atoms with E-state index >= 15 is 0 Å². The number of fused-ring (bicyclic) bond motifs is 1. The molecule has 3 aromatic rings. The third-order valence-corrected chi connectivity index (χ3v) is 6.59. The molecule has 0 aromatic heterocycles. The first-order valence-corrected chi connectivity index (χ1v) is 13.0. The van der Waals surface area contributed by atoms with Crippen LogP contribution in [0.4, 0.5) is 10.5 Å². The molecule has 7 nitrogen and oxygen atoms in total. The van der Waals surface area contributed by atoms with E-state index in [1.165, 1.54) is 0 Å². The van der Waals surface area contributed by atoms with E-state index in [1.807, 2.05) is 93.6 Å². The van der Waals surface area contributed by atoms with Crippen molar-refractivity contribution in [1.29, 1.82) is 0 Å². The van der Waals surface area contributed by atoms with E-state index in [-0.39, 0.29) is 23.3 Å². The molecular weight excluding hydrogens is 476 g/mol. The summed E-state index contributed by atoms with van der Waals surface area (Å²) in [5, 5.41) is 8.39. The third kappa shape index (κ3) is 6.59. The van der Waals surface area contributed by atoms with Crippen LogP contribution in [0.25, 0.3) is 11.1 Å². The predicted octanol–water partition coefficient (Wildman–Crippen LogP) is 4.79. The molecule has 198 valence electrons. The molecule has 0 bridgehead atoms. The molecule has 0 fully saturated rings. The second kappa shape index (κ2) is 11.5. The molecule has 0 saturated heterocycles. The van der Waals surface area contributed by atoms with Crippen LogP contribution in [-0.2, 0) is 29.1 Å². The lowest BCUT2D eigenvalue weighted by atomic mass is 9.91. The summed E-state index contributed by atoms with van der Waals surface area (Å²) < 4.78 is 0. The fraction of sp³-hybridized carbons (Fsp3) is 0.323. The quantitative estimate of drug-likeness (QED) is 0.425. The number of para-hydroxylation sites is 1. The van der Waals surface area contributed by atoms with Crippen molar-refractivity contribution in [3.8, 4) is 11.1 Å². The third-order valence-electron chi connectivity index (χ3n) is 6.59. The van der Waals surface area contributed by atoms with Crippen molar-refractivity contribution >= 4 is 23.5 Å². The van der Waals surface area contributed by atoms with Crippen molar-refractivity contribution in [1.82, 2.24) is 16.0 Å². The summed E-state index contributed by atoms with van der Waals surface area (Å²) in [6.45, 7) is 6.85. The van der Waals surface area contributed by atoms with Gasteiger partial charge in [0.1, 0.15) is 6.04 Å². The van der Waals surface area contributed by atoms with Crippen LogP contribution in [0, 0.1) is 5.41 Å². The Bertz CT molecular complexity index is 1310. The molecule has 0 aliphatic carbocycles. The molecule has 3 N–H and O–H groups in total. The van der Waals surface area contributed by atoms with Crippen LogP contribution in [0.1, 0.15) is 43.9 Å². The maximum atomic E-state index is 13.6. The molecule has 0 saturated carbocycles. The molecule has 0 radical (unpaired) electrons. The van der Waals surface area contributed by atoms with Gasteiger partial charge in [-0.1, -0.05) is 87.5 Å². The summed E-state index contributed by atoms with van der Waals surface area (Å²) >= 11 is 0. The zero-order chi connectivity index (χ0) is 27.3. The van der Waals surface area contributed by atoms with Gasteiger partial charge in [0.05, 0.1) is 6.54 Å². The number of urea groups is 1. The van der Waals surface area contributed by atoms with E-state index in [2.05, 4.69) is 16.0 Å². The standard InChI is InChI=1S/C31H36N4O3/c1-31(2,3)18-28(36)34-26-17-23-9-6-8-12-27(23)35(29(26)37)20-21-13-15-22(16-14-21)25-11-7-5-10-24(25)19-33-30(38)32-4/h5-16,26H,17-20H2,1-4H3,(H,34,36)(H2,32,33,38)/t26-/m1/s1. The van der Waals surface area contributed by atoms with Gasteiger partial charge in [-0.15, -0.1) is 0 Å². The van der Waals surface area contributed by atoms with E-state index in [0.717, 1.165) is 33.5 Å². The Hall–Kier alpha value is -4.13. The topological polar surface area (TPSA) is 90.5 Å². The largest absolute Gasteiger partial charge is 0.344 e. The highest BCUT2D eigenvalue weighted by Gasteiger charge is 2.34. The fourth-order valence-electron chi connectivity index (χ4n) is 4.76. The first-order valence-electron chi connectivity index (χ1n) is 13.0. The number of carbonyl (C=O) groups is 3. The molecule has 1 heterocycles. The van der Waals surface area contributed by atoms with Gasteiger partial charge >= 0.3 is 6.03 Å². The van der Waals surface area contributed by atoms with Gasteiger partial charge in [0.15, 0.2) is 0 Å². The Kier molecular flexibility index (Phi) is 8.15. The van der Waals surface area contributed by atoms with Crippen LogP contribution in [0.3, 0.4) is 0 Å².